The topological polar surface area (TPSA) is 108 Å². The summed E-state index contributed by atoms with van der Waals surface area (Å²) in [5.41, 5.74) is 0.330. The van der Waals surface area contributed by atoms with Crippen LogP contribution in [-0.4, -0.2) is 97.8 Å². The lowest BCUT2D eigenvalue weighted by atomic mass is 10.2. The van der Waals surface area contributed by atoms with Crippen molar-refractivity contribution < 1.29 is 69.4 Å². The van der Waals surface area contributed by atoms with Crippen molar-refractivity contribution in [1.29, 1.82) is 0 Å². The van der Waals surface area contributed by atoms with Gasteiger partial charge < -0.3 is 37.9 Å². The van der Waals surface area contributed by atoms with Gasteiger partial charge in [0, 0.05) is 5.57 Å². The Labute approximate surface area is 228 Å². The molecule has 1 rings (SSSR count). The van der Waals surface area contributed by atoms with E-state index in [-0.39, 0.29) is 39.6 Å². The minimum atomic E-state index is -2.35. The lowest BCUT2D eigenvalue weighted by molar-refractivity contribution is -0.140. The summed E-state index contributed by atoms with van der Waals surface area (Å²) in [5.74, 6) is -14.6. The first-order valence-corrected chi connectivity index (χ1v) is 12.2. The molecule has 0 saturated carbocycles. The normalized spacial score (nSPS) is 11.1. The van der Waals surface area contributed by atoms with E-state index in [0.717, 1.165) is 0 Å². The summed E-state index contributed by atoms with van der Waals surface area (Å²) in [7, 11) is 0. The van der Waals surface area contributed by atoms with Gasteiger partial charge in [-0.25, -0.2) is 18.0 Å². The van der Waals surface area contributed by atoms with Crippen molar-refractivity contribution in [3.05, 3.63) is 41.2 Å². The average molecular weight is 589 g/mol. The minimum Gasteiger partial charge on any atom is -0.460 e. The van der Waals surface area contributed by atoms with Crippen molar-refractivity contribution in [2.45, 2.75) is 13.3 Å². The number of carbonyl (C=O) groups excluding carboxylic acids is 2. The Morgan fingerprint density at radius 3 is 1.25 bits per heavy atom. The zero-order chi connectivity index (χ0) is 29.8. The van der Waals surface area contributed by atoms with Gasteiger partial charge in [-0.2, -0.15) is 8.78 Å². The van der Waals surface area contributed by atoms with E-state index in [1.165, 1.54) is 0 Å². The van der Waals surface area contributed by atoms with Crippen LogP contribution in [0, 0.1) is 29.1 Å². The highest BCUT2D eigenvalue weighted by Gasteiger charge is 2.28. The predicted octanol–water partition coefficient (Wildman–Crippen LogP) is 2.90. The molecule has 0 amide bonds. The van der Waals surface area contributed by atoms with E-state index >= 15 is 0 Å². The first-order valence-electron chi connectivity index (χ1n) is 12.2. The maximum absolute atomic E-state index is 13.5. The summed E-state index contributed by atoms with van der Waals surface area (Å²) in [6, 6.07) is 0. The van der Waals surface area contributed by atoms with E-state index in [0.29, 0.717) is 51.8 Å². The molecule has 0 saturated heterocycles. The van der Waals surface area contributed by atoms with E-state index in [1.807, 2.05) is 0 Å². The number of hydrogen-bond donors (Lipinski definition) is 0. The molecule has 1 aromatic rings. The number of carbonyl (C=O) groups is 2. The quantitative estimate of drug-likeness (QED) is 0.0360. The molecule has 0 radical (unpaired) electrons. The SMILES string of the molecule is C=C(C)C(=O)OCCOCCOCCOCCOCCOCCOCCC(=O)Oc1c(F)c(F)c(F)c(F)c1F. The van der Waals surface area contributed by atoms with Crippen LogP contribution >= 0.6 is 0 Å². The molecule has 1 aromatic carbocycles. The van der Waals surface area contributed by atoms with Gasteiger partial charge in [-0.3, -0.25) is 4.79 Å². The van der Waals surface area contributed by atoms with E-state index in [2.05, 4.69) is 11.3 Å². The second kappa shape index (κ2) is 21.1. The average Bonchev–Trinajstić information content (AvgIpc) is 2.93. The molecule has 0 aliphatic carbocycles. The Morgan fingerprint density at radius 2 is 0.875 bits per heavy atom. The van der Waals surface area contributed by atoms with E-state index in [1.54, 1.807) is 6.92 Å². The molecule has 15 heteroatoms. The number of hydrogen-bond acceptors (Lipinski definition) is 10. The van der Waals surface area contributed by atoms with Crippen LogP contribution in [0.4, 0.5) is 22.0 Å². The van der Waals surface area contributed by atoms with Crippen LogP contribution in [0.15, 0.2) is 12.2 Å². The van der Waals surface area contributed by atoms with Gasteiger partial charge in [0.2, 0.25) is 34.8 Å². The molecule has 0 heterocycles. The summed E-state index contributed by atoms with van der Waals surface area (Å²) in [6.07, 6.45) is -0.490. The summed E-state index contributed by atoms with van der Waals surface area (Å²) >= 11 is 0. The van der Waals surface area contributed by atoms with Crippen LogP contribution in [0.1, 0.15) is 13.3 Å². The monoisotopic (exact) mass is 588 g/mol. The van der Waals surface area contributed by atoms with Crippen LogP contribution in [0.2, 0.25) is 0 Å². The van der Waals surface area contributed by atoms with Crippen LogP contribution < -0.4 is 4.74 Å². The largest absolute Gasteiger partial charge is 0.460 e. The highest BCUT2D eigenvalue weighted by atomic mass is 19.2. The van der Waals surface area contributed by atoms with Crippen molar-refractivity contribution in [2.75, 3.05) is 85.9 Å². The van der Waals surface area contributed by atoms with Crippen LogP contribution in [0.5, 0.6) is 5.75 Å². The van der Waals surface area contributed by atoms with E-state index in [4.69, 9.17) is 33.2 Å². The van der Waals surface area contributed by atoms with Gasteiger partial charge in [0.1, 0.15) is 6.61 Å². The molecule has 0 aliphatic heterocycles. The Balaban J connectivity index is 1.87. The highest BCUT2D eigenvalue weighted by Crippen LogP contribution is 2.29. The van der Waals surface area contributed by atoms with Gasteiger partial charge in [-0.15, -0.1) is 0 Å². The highest BCUT2D eigenvalue weighted by molar-refractivity contribution is 5.86. The molecule has 0 atom stereocenters. The smallest absolute Gasteiger partial charge is 0.333 e. The van der Waals surface area contributed by atoms with Crippen molar-refractivity contribution in [3.8, 4) is 5.75 Å². The van der Waals surface area contributed by atoms with Gasteiger partial charge in [0.05, 0.1) is 85.7 Å². The Kier molecular flexibility index (Phi) is 18.6. The fraction of sp³-hybridized carbons (Fsp3) is 0.600. The Hall–Kier alpha value is -2.69. The van der Waals surface area contributed by atoms with Gasteiger partial charge >= 0.3 is 11.9 Å². The fourth-order valence-electron chi connectivity index (χ4n) is 2.51. The predicted molar refractivity (Wildman–Crippen MR) is 127 cm³/mol. The zero-order valence-electron chi connectivity index (χ0n) is 22.1. The number of ether oxygens (including phenoxy) is 8. The second-order valence-electron chi connectivity index (χ2n) is 7.71. The van der Waals surface area contributed by atoms with Gasteiger partial charge in [0.25, 0.3) is 0 Å². The molecule has 10 nitrogen and oxygen atoms in total. The third-order valence-electron chi connectivity index (χ3n) is 4.51. The molecule has 0 aromatic heterocycles. The molecule has 0 bridgehead atoms. The molecule has 0 aliphatic rings. The van der Waals surface area contributed by atoms with Crippen LogP contribution in [0.25, 0.3) is 0 Å². The molecule has 0 N–H and O–H groups in total. The molecular weight excluding hydrogens is 555 g/mol. The van der Waals surface area contributed by atoms with E-state index in [9.17, 15) is 31.5 Å². The Morgan fingerprint density at radius 1 is 0.550 bits per heavy atom. The third kappa shape index (κ3) is 14.6. The lowest BCUT2D eigenvalue weighted by Gasteiger charge is -2.09. The van der Waals surface area contributed by atoms with Crippen molar-refractivity contribution in [2.24, 2.45) is 0 Å². The van der Waals surface area contributed by atoms with Crippen LogP contribution in [0.3, 0.4) is 0 Å². The van der Waals surface area contributed by atoms with Gasteiger partial charge in [-0.05, 0) is 6.92 Å². The number of rotatable bonds is 23. The summed E-state index contributed by atoms with van der Waals surface area (Å²) < 4.78 is 107. The molecule has 40 heavy (non-hydrogen) atoms. The third-order valence-corrected chi connectivity index (χ3v) is 4.51. The zero-order valence-corrected chi connectivity index (χ0v) is 22.1. The summed E-state index contributed by atoms with van der Waals surface area (Å²) in [4.78, 5) is 22.7. The van der Waals surface area contributed by atoms with Crippen molar-refractivity contribution >= 4 is 11.9 Å². The number of halogens is 5. The maximum atomic E-state index is 13.5. The number of esters is 2. The van der Waals surface area contributed by atoms with Crippen molar-refractivity contribution in [3.63, 3.8) is 0 Å². The van der Waals surface area contributed by atoms with E-state index < -0.39 is 53.2 Å². The first kappa shape index (κ1) is 35.3. The second-order valence-corrected chi connectivity index (χ2v) is 7.71. The molecule has 0 unspecified atom stereocenters. The molecular formula is C25H33F5O10. The standard InChI is InChI=1S/C25H33F5O10/c1-17(2)25(32)39-16-15-38-14-13-37-12-11-36-10-9-35-8-7-34-6-5-33-4-3-18(31)40-24-22(29)20(27)19(26)21(28)23(24)30/h1,3-16H2,2H3. The summed E-state index contributed by atoms with van der Waals surface area (Å²) in [6.45, 7) is 8.21. The molecule has 0 fully saturated rings. The first-order chi connectivity index (χ1) is 19.2. The lowest BCUT2D eigenvalue weighted by Crippen LogP contribution is -2.16. The van der Waals surface area contributed by atoms with Crippen LogP contribution in [-0.2, 0) is 42.7 Å². The van der Waals surface area contributed by atoms with Gasteiger partial charge in [0.15, 0.2) is 0 Å². The Bertz CT molecular complexity index is 903. The number of benzene rings is 1. The maximum Gasteiger partial charge on any atom is 0.333 e. The fourth-order valence-corrected chi connectivity index (χ4v) is 2.51. The molecule has 0 spiro atoms. The minimum absolute atomic E-state index is 0.0758. The molecule has 228 valence electrons. The van der Waals surface area contributed by atoms with Crippen molar-refractivity contribution in [1.82, 2.24) is 0 Å². The van der Waals surface area contributed by atoms with Gasteiger partial charge in [-0.1, -0.05) is 6.58 Å². The summed E-state index contributed by atoms with van der Waals surface area (Å²) in [5, 5.41) is 0.